The minimum atomic E-state index is -0.199. The van der Waals surface area contributed by atoms with Crippen LogP contribution in [-0.4, -0.2) is 31.2 Å². The summed E-state index contributed by atoms with van der Waals surface area (Å²) in [5.41, 5.74) is 0.761. The van der Waals surface area contributed by atoms with E-state index in [1.165, 1.54) is 11.3 Å². The second-order valence-electron chi connectivity index (χ2n) is 3.51. The number of amides is 1. The molecule has 0 saturated carbocycles. The molecule has 0 fully saturated rings. The normalized spacial score (nSPS) is 10.6. The fourth-order valence-corrected chi connectivity index (χ4v) is 2.39. The fraction of sp³-hybridized carbons (Fsp3) is 0.333. The number of para-hydroxylation sites is 1. The number of ether oxygens (including phenoxy) is 2. The summed E-state index contributed by atoms with van der Waals surface area (Å²) in [6.45, 7) is 2.40. The van der Waals surface area contributed by atoms with Crippen LogP contribution in [0, 0.1) is 0 Å². The largest absolute Gasteiger partial charge is 0.494 e. The quantitative estimate of drug-likeness (QED) is 0.902. The van der Waals surface area contributed by atoms with Crippen LogP contribution in [0.4, 0.5) is 5.13 Å². The molecule has 0 radical (unpaired) electrons. The van der Waals surface area contributed by atoms with E-state index in [0.29, 0.717) is 17.5 Å². The van der Waals surface area contributed by atoms with Gasteiger partial charge in [0, 0.05) is 6.61 Å². The molecule has 0 aliphatic heterocycles. The van der Waals surface area contributed by atoms with Gasteiger partial charge in [-0.1, -0.05) is 17.4 Å². The zero-order chi connectivity index (χ0) is 13.0. The molecule has 5 nitrogen and oxygen atoms in total. The number of anilines is 1. The molecule has 0 saturated heterocycles. The number of carbonyl (C=O) groups excluding carboxylic acids is 1. The molecule has 1 heterocycles. The van der Waals surface area contributed by atoms with Gasteiger partial charge >= 0.3 is 0 Å². The summed E-state index contributed by atoms with van der Waals surface area (Å²) in [6, 6.07) is 5.67. The Balaban J connectivity index is 2.17. The van der Waals surface area contributed by atoms with E-state index in [9.17, 15) is 4.79 Å². The van der Waals surface area contributed by atoms with Crippen LogP contribution < -0.4 is 10.1 Å². The summed E-state index contributed by atoms with van der Waals surface area (Å²) in [6.07, 6.45) is 0. The highest BCUT2D eigenvalue weighted by atomic mass is 32.1. The Morgan fingerprint density at radius 1 is 1.50 bits per heavy atom. The van der Waals surface area contributed by atoms with Crippen molar-refractivity contribution in [2.24, 2.45) is 0 Å². The molecular weight excluding hydrogens is 252 g/mol. The lowest BCUT2D eigenvalue weighted by molar-refractivity contribution is -0.120. The highest BCUT2D eigenvalue weighted by Gasteiger charge is 2.10. The molecule has 0 bridgehead atoms. The summed E-state index contributed by atoms with van der Waals surface area (Å²) in [5.74, 6) is 0.504. The third-order valence-electron chi connectivity index (χ3n) is 2.29. The lowest BCUT2D eigenvalue weighted by Gasteiger charge is -2.00. The third kappa shape index (κ3) is 2.77. The number of methoxy groups -OCH3 is 1. The molecule has 1 aromatic heterocycles. The zero-order valence-corrected chi connectivity index (χ0v) is 11.0. The minimum absolute atomic E-state index is 0.0452. The Labute approximate surface area is 109 Å². The van der Waals surface area contributed by atoms with Crippen LogP contribution in [0.25, 0.3) is 10.2 Å². The SMILES string of the molecule is CCOCC(=O)Nc1nc2c(OC)cccc2s1. The molecule has 1 aromatic carbocycles. The number of nitrogens with one attached hydrogen (secondary N) is 1. The van der Waals surface area contributed by atoms with Crippen molar-refractivity contribution in [1.29, 1.82) is 0 Å². The molecule has 0 atom stereocenters. The average Bonchev–Trinajstić information content (AvgIpc) is 2.78. The lowest BCUT2D eigenvalue weighted by Crippen LogP contribution is -2.17. The van der Waals surface area contributed by atoms with Gasteiger partial charge in [0.25, 0.3) is 5.91 Å². The van der Waals surface area contributed by atoms with E-state index in [0.717, 1.165) is 10.2 Å². The number of carbonyl (C=O) groups is 1. The monoisotopic (exact) mass is 266 g/mol. The number of fused-ring (bicyclic) bond motifs is 1. The minimum Gasteiger partial charge on any atom is -0.494 e. The van der Waals surface area contributed by atoms with E-state index in [-0.39, 0.29) is 12.5 Å². The van der Waals surface area contributed by atoms with Gasteiger partial charge in [-0.2, -0.15) is 0 Å². The molecular formula is C12H14N2O3S. The zero-order valence-electron chi connectivity index (χ0n) is 10.2. The van der Waals surface area contributed by atoms with Crippen molar-refractivity contribution in [1.82, 2.24) is 4.98 Å². The Hall–Kier alpha value is -1.66. The van der Waals surface area contributed by atoms with Crippen molar-refractivity contribution >= 4 is 32.6 Å². The van der Waals surface area contributed by atoms with E-state index in [1.54, 1.807) is 7.11 Å². The van der Waals surface area contributed by atoms with Gasteiger partial charge < -0.3 is 9.47 Å². The van der Waals surface area contributed by atoms with Crippen molar-refractivity contribution in [2.45, 2.75) is 6.92 Å². The molecule has 6 heteroatoms. The summed E-state index contributed by atoms with van der Waals surface area (Å²) in [7, 11) is 1.60. The van der Waals surface area contributed by atoms with Crippen molar-refractivity contribution in [3.05, 3.63) is 18.2 Å². The van der Waals surface area contributed by atoms with Crippen molar-refractivity contribution in [3.63, 3.8) is 0 Å². The van der Waals surface area contributed by atoms with E-state index in [2.05, 4.69) is 10.3 Å². The van der Waals surface area contributed by atoms with Crippen molar-refractivity contribution in [3.8, 4) is 5.75 Å². The topological polar surface area (TPSA) is 60.5 Å². The number of hydrogen-bond acceptors (Lipinski definition) is 5. The number of benzene rings is 1. The molecule has 0 aliphatic carbocycles. The van der Waals surface area contributed by atoms with E-state index < -0.39 is 0 Å². The maximum Gasteiger partial charge on any atom is 0.252 e. The summed E-state index contributed by atoms with van der Waals surface area (Å²) >= 11 is 1.41. The number of rotatable bonds is 5. The molecule has 18 heavy (non-hydrogen) atoms. The van der Waals surface area contributed by atoms with Crippen molar-refractivity contribution < 1.29 is 14.3 Å². The van der Waals surface area contributed by atoms with Crippen molar-refractivity contribution in [2.75, 3.05) is 25.6 Å². The average molecular weight is 266 g/mol. The highest BCUT2D eigenvalue weighted by molar-refractivity contribution is 7.22. The van der Waals surface area contributed by atoms with Crippen LogP contribution in [0.15, 0.2) is 18.2 Å². The van der Waals surface area contributed by atoms with Gasteiger partial charge in [0.05, 0.1) is 11.8 Å². The van der Waals surface area contributed by atoms with E-state index >= 15 is 0 Å². The van der Waals surface area contributed by atoms with Gasteiger partial charge in [-0.05, 0) is 19.1 Å². The van der Waals surface area contributed by atoms with Crippen LogP contribution in [-0.2, 0) is 9.53 Å². The van der Waals surface area contributed by atoms with Gasteiger partial charge in [0.15, 0.2) is 5.13 Å². The molecule has 96 valence electrons. The van der Waals surface area contributed by atoms with Gasteiger partial charge in [-0.3, -0.25) is 10.1 Å². The molecule has 0 spiro atoms. The Bertz CT molecular complexity index is 553. The summed E-state index contributed by atoms with van der Waals surface area (Å²) < 4.78 is 11.2. The van der Waals surface area contributed by atoms with E-state index in [4.69, 9.17) is 9.47 Å². The first-order valence-electron chi connectivity index (χ1n) is 5.55. The first kappa shape index (κ1) is 12.8. The Morgan fingerprint density at radius 2 is 2.33 bits per heavy atom. The van der Waals surface area contributed by atoms with Gasteiger partial charge in [-0.15, -0.1) is 0 Å². The fourth-order valence-electron chi connectivity index (χ4n) is 1.49. The Kier molecular flexibility index (Phi) is 4.11. The summed E-state index contributed by atoms with van der Waals surface area (Å²) in [5, 5.41) is 3.26. The van der Waals surface area contributed by atoms with Gasteiger partial charge in [0.1, 0.15) is 17.9 Å². The molecule has 1 N–H and O–H groups in total. The number of aromatic nitrogens is 1. The molecule has 2 aromatic rings. The Morgan fingerprint density at radius 3 is 3.06 bits per heavy atom. The first-order valence-corrected chi connectivity index (χ1v) is 6.37. The second-order valence-corrected chi connectivity index (χ2v) is 4.54. The smallest absolute Gasteiger partial charge is 0.252 e. The molecule has 1 amide bonds. The predicted molar refractivity (Wildman–Crippen MR) is 71.3 cm³/mol. The maximum atomic E-state index is 11.5. The number of hydrogen-bond donors (Lipinski definition) is 1. The molecule has 2 rings (SSSR count). The number of nitrogens with zero attached hydrogens (tertiary/aromatic N) is 1. The van der Waals surface area contributed by atoms with Crippen LogP contribution >= 0.6 is 11.3 Å². The standard InChI is InChI=1S/C12H14N2O3S/c1-3-17-7-10(15)13-12-14-11-8(16-2)5-4-6-9(11)18-12/h4-6H,3,7H2,1-2H3,(H,13,14,15). The van der Waals surface area contributed by atoms with Crippen LogP contribution in [0.2, 0.25) is 0 Å². The third-order valence-corrected chi connectivity index (χ3v) is 3.22. The summed E-state index contributed by atoms with van der Waals surface area (Å²) in [4.78, 5) is 15.8. The lowest BCUT2D eigenvalue weighted by atomic mass is 10.3. The first-order chi connectivity index (χ1) is 8.74. The van der Waals surface area contributed by atoms with Gasteiger partial charge in [-0.25, -0.2) is 4.98 Å². The molecule has 0 unspecified atom stereocenters. The predicted octanol–water partition coefficient (Wildman–Crippen LogP) is 2.28. The van der Waals surface area contributed by atoms with E-state index in [1.807, 2.05) is 25.1 Å². The van der Waals surface area contributed by atoms with Crippen LogP contribution in [0.5, 0.6) is 5.75 Å². The molecule has 0 aliphatic rings. The van der Waals surface area contributed by atoms with Crippen LogP contribution in [0.1, 0.15) is 6.92 Å². The number of thiazole rings is 1. The van der Waals surface area contributed by atoms with Crippen LogP contribution in [0.3, 0.4) is 0 Å². The highest BCUT2D eigenvalue weighted by Crippen LogP contribution is 2.31. The maximum absolute atomic E-state index is 11.5. The second kappa shape index (κ2) is 5.79. The van der Waals surface area contributed by atoms with Gasteiger partial charge in [0.2, 0.25) is 0 Å².